The summed E-state index contributed by atoms with van der Waals surface area (Å²) in [6.07, 6.45) is 7.93. The van der Waals surface area contributed by atoms with Crippen molar-refractivity contribution in [1.82, 2.24) is 19.8 Å². The first-order valence-corrected chi connectivity index (χ1v) is 31.0. The van der Waals surface area contributed by atoms with E-state index in [0.29, 0.717) is 79.2 Å². The molecule has 4 unspecified atom stereocenters. The molecule has 1 N–H and O–H groups in total. The average molecular weight is 1210 g/mol. The molecule has 0 spiro atoms. The van der Waals surface area contributed by atoms with Gasteiger partial charge in [-0.05, 0) is 183 Å². The van der Waals surface area contributed by atoms with Gasteiger partial charge in [0.05, 0.1) is 39.6 Å². The zero-order valence-electron chi connectivity index (χ0n) is 53.8. The number of rotatable bonds is 24. The van der Waals surface area contributed by atoms with Crippen molar-refractivity contribution < 1.29 is 66.3 Å². The first kappa shape index (κ1) is 67.8. The van der Waals surface area contributed by atoms with Gasteiger partial charge >= 0.3 is 24.1 Å². The molecule has 88 heavy (non-hydrogen) atoms. The number of aromatic nitrogens is 2. The summed E-state index contributed by atoms with van der Waals surface area (Å²) in [5.41, 5.74) is 5.10. The van der Waals surface area contributed by atoms with Crippen LogP contribution in [0.2, 0.25) is 0 Å². The van der Waals surface area contributed by atoms with Gasteiger partial charge in [0.25, 0.3) is 0 Å². The van der Waals surface area contributed by atoms with Gasteiger partial charge in [-0.3, -0.25) is 9.80 Å². The summed E-state index contributed by atoms with van der Waals surface area (Å²) >= 11 is 0. The molecule has 0 saturated heterocycles. The molecule has 2 aromatic heterocycles. The van der Waals surface area contributed by atoms with Crippen molar-refractivity contribution in [2.75, 3.05) is 27.3 Å². The predicted molar refractivity (Wildman–Crippen MR) is 335 cm³/mol. The summed E-state index contributed by atoms with van der Waals surface area (Å²) in [5.74, 6) is 3.37. The Labute approximate surface area is 519 Å². The number of esters is 1. The van der Waals surface area contributed by atoms with Crippen molar-refractivity contribution >= 4 is 24.1 Å². The number of amides is 2. The molecule has 6 aromatic rings. The Bertz CT molecular complexity index is 3200. The molecule has 2 aliphatic carbocycles. The van der Waals surface area contributed by atoms with E-state index in [4.69, 9.17) is 47.0 Å². The Morgan fingerprint density at radius 1 is 0.580 bits per heavy atom. The molecule has 0 aliphatic heterocycles. The molecule has 2 saturated carbocycles. The molecule has 18 heteroatoms. The Hall–Kier alpha value is -7.70. The smallest absolute Gasteiger partial charge is 0.415 e. The molecule has 6 atom stereocenters. The number of methoxy groups -OCH3 is 2. The van der Waals surface area contributed by atoms with E-state index in [-0.39, 0.29) is 30.6 Å². The van der Waals surface area contributed by atoms with Gasteiger partial charge in [-0.2, -0.15) is 0 Å². The van der Waals surface area contributed by atoms with Crippen LogP contribution in [0, 0.1) is 51.4 Å². The van der Waals surface area contributed by atoms with Crippen LogP contribution in [-0.4, -0.2) is 106 Å². The molecule has 18 nitrogen and oxygen atoms in total. The van der Waals surface area contributed by atoms with E-state index >= 15 is 0 Å². The number of aliphatic carboxylic acids is 1. The lowest BCUT2D eigenvalue weighted by atomic mass is 9.84. The number of carboxylic acid groups (broad SMARTS) is 1. The van der Waals surface area contributed by atoms with Crippen LogP contribution in [0.5, 0.6) is 23.0 Å². The number of aryl methyl sites for hydroxylation is 4. The topological polar surface area (TPSA) is 212 Å². The van der Waals surface area contributed by atoms with Gasteiger partial charge in [-0.1, -0.05) is 88.8 Å². The highest BCUT2D eigenvalue weighted by Gasteiger charge is 2.39. The van der Waals surface area contributed by atoms with Crippen LogP contribution in [0.25, 0.3) is 22.9 Å². The highest BCUT2D eigenvalue weighted by molar-refractivity contribution is 5.83. The van der Waals surface area contributed by atoms with Gasteiger partial charge in [-0.15, -0.1) is 0 Å². The minimum atomic E-state index is -1.05. The fourth-order valence-electron chi connectivity index (χ4n) is 11.5. The predicted octanol–water partition coefficient (Wildman–Crippen LogP) is 15.3. The molecule has 2 aliphatic rings. The number of carbonyl (C=O) groups excluding carboxylic acids is 3. The maximum Gasteiger partial charge on any atom is 0.415 e. The van der Waals surface area contributed by atoms with E-state index in [1.807, 2.05) is 105 Å². The van der Waals surface area contributed by atoms with Crippen LogP contribution in [0.3, 0.4) is 0 Å². The van der Waals surface area contributed by atoms with Crippen LogP contribution in [0.15, 0.2) is 106 Å². The van der Waals surface area contributed by atoms with Crippen LogP contribution in [0.4, 0.5) is 9.59 Å². The van der Waals surface area contributed by atoms with Gasteiger partial charge in [0, 0.05) is 24.2 Å². The van der Waals surface area contributed by atoms with Crippen molar-refractivity contribution in [3.63, 3.8) is 0 Å². The molecule has 8 rings (SSSR count). The second kappa shape index (κ2) is 32.0. The normalized spacial score (nSPS) is 17.5. The maximum absolute atomic E-state index is 13.7. The molecule has 0 radical (unpaired) electrons. The van der Waals surface area contributed by atoms with E-state index in [1.165, 1.54) is 4.90 Å². The van der Waals surface area contributed by atoms with Gasteiger partial charge in [0.1, 0.15) is 63.6 Å². The maximum atomic E-state index is 13.7. The molecular weight excluding hydrogens is 1120 g/mol. The van der Waals surface area contributed by atoms with E-state index in [2.05, 4.69) is 11.1 Å². The first-order valence-electron chi connectivity index (χ1n) is 31.0. The molecule has 2 heterocycles. The fourth-order valence-corrected chi connectivity index (χ4v) is 11.5. The zero-order chi connectivity index (χ0) is 63.7. The third-order valence-electron chi connectivity index (χ3n) is 16.1. The standard InChI is InChI=1S/C37H50N2O7.C33H42N2O7/c1-24(2)33(35(40)46-37(5,6)7)39(36(41)45-30-17-15-29(42-8)16-18-30)20-19-27-12-10-14-31(22-27)43-23-32-26(4)44-34(38-32)28-13-9-11-25(3)21-28;1-21(2)30(32(36)37)35(33(38)42-27-14-12-26(39-5)13-15-27)17-16-24-9-7-11-28(19-24)40-20-29-23(4)41-31(34-29)25-10-6-8-22(3)18-25/h9,11,13,15-18,21,24,27,31,33H,10,12,14,19-20,22-23H2,1-8H3;6,8,10,12-15,18,21,24,28,30H,7,9,11,16-17,19-20H2,1-5H3,(H,36,37)/t27?,31?,33-;24?,28?,30-/m00/s1. The van der Waals surface area contributed by atoms with Crippen molar-refractivity contribution in [1.29, 1.82) is 0 Å². The summed E-state index contributed by atoms with van der Waals surface area (Å²) in [6.45, 7) is 22.2. The number of carbonyl (C=O) groups is 4. The van der Waals surface area contributed by atoms with Crippen LogP contribution in [-0.2, 0) is 37.0 Å². The lowest BCUT2D eigenvalue weighted by molar-refractivity contribution is -0.162. The second-order valence-electron chi connectivity index (χ2n) is 25.0. The number of benzene rings is 4. The molecule has 2 fully saturated rings. The van der Waals surface area contributed by atoms with Crippen molar-refractivity contribution in [3.05, 3.63) is 131 Å². The van der Waals surface area contributed by atoms with Gasteiger partial charge < -0.3 is 47.1 Å². The minimum Gasteiger partial charge on any atom is -0.497 e. The van der Waals surface area contributed by atoms with Crippen molar-refractivity contribution in [2.45, 2.75) is 183 Å². The highest BCUT2D eigenvalue weighted by atomic mass is 16.6. The molecule has 2 amide bonds. The van der Waals surface area contributed by atoms with E-state index < -0.39 is 41.8 Å². The summed E-state index contributed by atoms with van der Waals surface area (Å²) in [7, 11) is 3.14. The Kier molecular flexibility index (Phi) is 24.6. The summed E-state index contributed by atoms with van der Waals surface area (Å²) < 4.78 is 52.1. The molecule has 4 aromatic carbocycles. The quantitative estimate of drug-likeness (QED) is 0.0558. The van der Waals surface area contributed by atoms with E-state index in [0.717, 1.165) is 96.5 Å². The van der Waals surface area contributed by atoms with Gasteiger partial charge in [0.2, 0.25) is 11.8 Å². The third kappa shape index (κ3) is 19.9. The summed E-state index contributed by atoms with van der Waals surface area (Å²) in [5, 5.41) is 9.97. The van der Waals surface area contributed by atoms with Gasteiger partial charge in [-0.25, -0.2) is 29.1 Å². The number of oxazole rings is 2. The largest absolute Gasteiger partial charge is 0.497 e. The number of carboxylic acids is 1. The van der Waals surface area contributed by atoms with Gasteiger partial charge in [0.15, 0.2) is 0 Å². The molecule has 0 bridgehead atoms. The number of hydrogen-bond acceptors (Lipinski definition) is 15. The van der Waals surface area contributed by atoms with E-state index in [9.17, 15) is 24.3 Å². The number of ether oxygens (including phenoxy) is 7. The summed E-state index contributed by atoms with van der Waals surface area (Å²) in [6, 6.07) is 27.8. The average Bonchev–Trinajstić information content (AvgIpc) is 4.31. The molecule has 476 valence electrons. The van der Waals surface area contributed by atoms with Crippen LogP contribution < -0.4 is 18.9 Å². The van der Waals surface area contributed by atoms with E-state index in [1.54, 1.807) is 81.5 Å². The fraction of sp³-hybridized carbons (Fsp3) is 0.514. The van der Waals surface area contributed by atoms with Crippen molar-refractivity contribution in [2.24, 2.45) is 23.7 Å². The van der Waals surface area contributed by atoms with Crippen LogP contribution in [0.1, 0.15) is 147 Å². The Morgan fingerprint density at radius 3 is 1.34 bits per heavy atom. The van der Waals surface area contributed by atoms with Crippen LogP contribution >= 0.6 is 0 Å². The lowest BCUT2D eigenvalue weighted by Gasteiger charge is -2.36. The second-order valence-corrected chi connectivity index (χ2v) is 25.0. The Morgan fingerprint density at radius 2 is 0.977 bits per heavy atom. The zero-order valence-corrected chi connectivity index (χ0v) is 53.8. The third-order valence-corrected chi connectivity index (χ3v) is 16.1. The Balaban J connectivity index is 0.000000252. The number of hydrogen-bond donors (Lipinski definition) is 1. The minimum absolute atomic E-state index is 0.0577. The summed E-state index contributed by atoms with van der Waals surface area (Å²) in [4.78, 5) is 64.8. The lowest BCUT2D eigenvalue weighted by Crippen LogP contribution is -2.51. The SMILES string of the molecule is COc1ccc(OC(=O)N(CCC2CCCC(OCc3nc(-c4cccc(C)c4)oc3C)C2)[C@H](C(=O)O)C(C)C)cc1.COc1ccc(OC(=O)N(CCC2CCCC(OCc3nc(-c4cccc(C)c4)oc3C)C2)[C@H](C(=O)OC(C)(C)C)C(C)C)cc1. The van der Waals surface area contributed by atoms with Crippen molar-refractivity contribution in [3.8, 4) is 45.9 Å². The first-order chi connectivity index (χ1) is 42.0. The highest BCUT2D eigenvalue weighted by Crippen LogP contribution is 2.34. The number of nitrogens with zero attached hydrogens (tertiary/aromatic N) is 4. The molecular formula is C70H92N4O14. The monoisotopic (exact) mass is 1210 g/mol.